The number of halogens is 1. The quantitative estimate of drug-likeness (QED) is 0.125. The largest absolute Gasteiger partial charge is 1.00 e. The molecule has 0 aliphatic heterocycles. The summed E-state index contributed by atoms with van der Waals surface area (Å²) in [7, 11) is 0. The number of hydrogen-bond acceptors (Lipinski definition) is 1. The molecule has 304 valence electrons. The third-order valence-electron chi connectivity index (χ3n) is 10.6. The van der Waals surface area contributed by atoms with E-state index in [2.05, 4.69) is 220 Å². The van der Waals surface area contributed by atoms with Crippen LogP contribution in [0.15, 0.2) is 164 Å². The van der Waals surface area contributed by atoms with Gasteiger partial charge in [-0.1, -0.05) is 187 Å². The fraction of sp³-hybridized carbons (Fsp3) is 0.214. The molecule has 0 saturated heterocycles. The number of hydrogen-bond donors (Lipinski definition) is 0. The Hall–Kier alpha value is -4.53. The minimum atomic E-state index is -0.0711. The molecule has 60 heavy (non-hydrogen) atoms. The Morgan fingerprint density at radius 1 is 0.467 bits per heavy atom. The smallest absolute Gasteiger partial charge is 0.0114 e. The third-order valence-corrected chi connectivity index (χ3v) is 10.6. The van der Waals surface area contributed by atoms with Gasteiger partial charge in [0.25, 0.3) is 0 Å². The molecule has 0 unspecified atom stereocenters. The molecule has 9 rings (SSSR count). The maximum Gasteiger partial charge on any atom is -0.0114 e. The molecule has 1 nitrogen and oxygen atoms in total. The van der Waals surface area contributed by atoms with Crippen molar-refractivity contribution < 1.29 is 40.8 Å². The second-order valence-corrected chi connectivity index (χ2v) is 27.3. The van der Waals surface area contributed by atoms with Crippen LogP contribution in [0.4, 0.5) is 0 Å². The van der Waals surface area contributed by atoms with Gasteiger partial charge in [-0.2, -0.15) is 12.1 Å². The molecule has 4 heteroatoms. The van der Waals surface area contributed by atoms with Gasteiger partial charge >= 0.3 is 41.9 Å². The van der Waals surface area contributed by atoms with E-state index in [1.807, 2.05) is 6.07 Å². The van der Waals surface area contributed by atoms with Crippen LogP contribution in [-0.4, -0.2) is 5.43 Å². The third kappa shape index (κ3) is 11.2. The first-order valence-electron chi connectivity index (χ1n) is 20.6. The second kappa shape index (κ2) is 19.9. The first-order valence-corrected chi connectivity index (χ1v) is 26.8. The molecule has 0 heterocycles. The van der Waals surface area contributed by atoms with Crippen LogP contribution in [0.1, 0.15) is 63.8 Å². The number of fused-ring (bicyclic) bond motifs is 4. The van der Waals surface area contributed by atoms with E-state index in [1.165, 1.54) is 82.0 Å². The summed E-state index contributed by atoms with van der Waals surface area (Å²) in [6, 6.07) is 58.2. The van der Waals surface area contributed by atoms with Gasteiger partial charge in [0.05, 0.1) is 0 Å². The zero-order valence-electron chi connectivity index (χ0n) is 36.9. The Morgan fingerprint density at radius 2 is 0.833 bits per heavy atom. The van der Waals surface area contributed by atoms with Crippen molar-refractivity contribution >= 4 is 48.5 Å². The van der Waals surface area contributed by atoms with E-state index in [0.29, 0.717) is 0 Å². The average molecular weight is 901 g/mol. The number of benzene rings is 7. The number of aryl methyl sites for hydroxylation is 2. The predicted molar refractivity (Wildman–Crippen MR) is 255 cm³/mol. The molecule has 9 aromatic rings. The van der Waals surface area contributed by atoms with Crippen LogP contribution >= 0.6 is 0 Å². The van der Waals surface area contributed by atoms with Crippen molar-refractivity contribution in [3.63, 3.8) is 0 Å². The van der Waals surface area contributed by atoms with Gasteiger partial charge in [-0.15, -0.1) is 74.8 Å². The summed E-state index contributed by atoms with van der Waals surface area (Å²) in [6.07, 6.45) is 0. The molecule has 0 N–H and O–H groups in total. The van der Waals surface area contributed by atoms with Gasteiger partial charge < -0.3 is 17.5 Å². The van der Waals surface area contributed by atoms with Gasteiger partial charge in [-0.3, -0.25) is 0 Å². The minimum absolute atomic E-state index is 0. The van der Waals surface area contributed by atoms with E-state index in [-0.39, 0.29) is 34.4 Å². The van der Waals surface area contributed by atoms with Gasteiger partial charge in [0, 0.05) is 0 Å². The van der Waals surface area contributed by atoms with E-state index in [1.54, 1.807) is 29.4 Å². The van der Waals surface area contributed by atoms with E-state index >= 15 is 0 Å². The molecule has 0 aliphatic carbocycles. The van der Waals surface area contributed by atoms with Gasteiger partial charge in [0.15, 0.2) is 0 Å². The van der Waals surface area contributed by atoms with Crippen LogP contribution in [0, 0.1) is 13.8 Å². The molecular weight excluding hydrogens is 843 g/mol. The summed E-state index contributed by atoms with van der Waals surface area (Å²) in [5, 5.41) is 22.3. The Labute approximate surface area is 380 Å². The van der Waals surface area contributed by atoms with Crippen molar-refractivity contribution in [2.24, 2.45) is 0 Å². The summed E-state index contributed by atoms with van der Waals surface area (Å²) in [6.45, 7) is 21.7. The van der Waals surface area contributed by atoms with Crippen LogP contribution < -0.4 is 17.5 Å². The molecule has 0 saturated carbocycles. The molecular formula is C56H57ClOSiZr-2. The standard InChI is InChI=1S/2C20H15.C14H22O.C2H6Si.ClH.Zr/c2*1-14-12-16-8-5-11-19(20(16)13-14)18-10-4-7-15-6-2-3-9-17(15)18;1-13(2,3)10-7-8-12(15)11(9-10)14(4,5)6;1-3-2;;/h2*2-13H,1H3;7-9,15H,1-6H3;1-2H3;1H;/q2*-1;;;;+2/p-2. The molecule has 9 aromatic carbocycles. The van der Waals surface area contributed by atoms with E-state index in [9.17, 15) is 5.11 Å². The SMILES string of the molecule is CC(C)(C)c1ccc([O-])c(C(C)(C)C)c1.C[Si](C)=[Zr+2].Cc1cc2c(-c3cccc4ccccc34)cccc2[cH-]1.Cc1cc2c(-c3cccc4ccccc34)cccc2[cH-]1.[Cl-]. The summed E-state index contributed by atoms with van der Waals surface area (Å²) in [5.74, 6) is 0.149. The molecule has 0 bridgehead atoms. The molecule has 0 radical (unpaired) electrons. The molecule has 0 atom stereocenters. The molecule has 0 amide bonds. The topological polar surface area (TPSA) is 23.1 Å². The van der Waals surface area contributed by atoms with Crippen LogP contribution in [0.3, 0.4) is 0 Å². The Bertz CT molecular complexity index is 2710. The molecule has 0 spiro atoms. The first kappa shape index (κ1) is 46.5. The van der Waals surface area contributed by atoms with Gasteiger partial charge in [0.2, 0.25) is 0 Å². The summed E-state index contributed by atoms with van der Waals surface area (Å²) in [5.41, 5.74) is 10.3. The fourth-order valence-corrected chi connectivity index (χ4v) is 7.74. The van der Waals surface area contributed by atoms with Gasteiger partial charge in [-0.25, -0.2) is 0 Å². The van der Waals surface area contributed by atoms with E-state index < -0.39 is 0 Å². The summed E-state index contributed by atoms with van der Waals surface area (Å²) < 4.78 is 0. The van der Waals surface area contributed by atoms with Gasteiger partial charge in [0.1, 0.15) is 0 Å². The Kier molecular flexibility index (Phi) is 15.4. The van der Waals surface area contributed by atoms with Crippen molar-refractivity contribution in [1.82, 2.24) is 0 Å². The van der Waals surface area contributed by atoms with E-state index in [0.717, 1.165) is 5.56 Å². The normalized spacial score (nSPS) is 11.2. The first-order chi connectivity index (χ1) is 28.0. The van der Waals surface area contributed by atoms with Crippen molar-refractivity contribution in [3.05, 3.63) is 186 Å². The van der Waals surface area contributed by atoms with Crippen LogP contribution in [0.25, 0.3) is 65.3 Å². The maximum atomic E-state index is 11.7. The zero-order valence-corrected chi connectivity index (χ0v) is 41.1. The van der Waals surface area contributed by atoms with Crippen LogP contribution in [0.2, 0.25) is 13.1 Å². The molecule has 0 aromatic heterocycles. The van der Waals surface area contributed by atoms with Crippen LogP contribution in [0.5, 0.6) is 5.75 Å². The predicted octanol–water partition coefficient (Wildman–Crippen LogP) is 12.5. The van der Waals surface area contributed by atoms with Crippen molar-refractivity contribution in [2.45, 2.75) is 79.3 Å². The minimum Gasteiger partial charge on any atom is -1.00 e. The van der Waals surface area contributed by atoms with Crippen molar-refractivity contribution in [3.8, 4) is 28.0 Å². The van der Waals surface area contributed by atoms with Crippen molar-refractivity contribution in [2.75, 3.05) is 0 Å². The Morgan fingerprint density at radius 3 is 1.23 bits per heavy atom. The summed E-state index contributed by atoms with van der Waals surface area (Å²) in [4.78, 5) is 0. The molecule has 0 aliphatic rings. The Balaban J connectivity index is 0.000000164. The monoisotopic (exact) mass is 898 g/mol. The van der Waals surface area contributed by atoms with Gasteiger partial charge in [-0.05, 0) is 49.1 Å². The fourth-order valence-electron chi connectivity index (χ4n) is 7.74. The second-order valence-electron chi connectivity index (χ2n) is 17.9. The zero-order chi connectivity index (χ0) is 42.5. The van der Waals surface area contributed by atoms with Crippen molar-refractivity contribution in [1.29, 1.82) is 0 Å². The number of rotatable bonds is 2. The van der Waals surface area contributed by atoms with Crippen LogP contribution in [-0.2, 0) is 34.2 Å². The van der Waals surface area contributed by atoms with E-state index in [4.69, 9.17) is 0 Å². The average Bonchev–Trinajstić information content (AvgIpc) is 3.78. The maximum absolute atomic E-state index is 11.7. The summed E-state index contributed by atoms with van der Waals surface area (Å²) >= 11 is 1.74. The molecule has 0 fully saturated rings.